The minimum atomic E-state index is -0.304. The Morgan fingerprint density at radius 1 is 1.00 bits per heavy atom. The average Bonchev–Trinajstić information content (AvgIpc) is 3.02. The lowest BCUT2D eigenvalue weighted by atomic mass is 10.2. The Balaban J connectivity index is 1.46. The maximum Gasteiger partial charge on any atom is 0.293 e. The van der Waals surface area contributed by atoms with Gasteiger partial charge in [-0.3, -0.25) is 14.5 Å². The molecule has 4 nitrogen and oxygen atoms in total. The number of thioether (sulfide) groups is 1. The molecule has 1 saturated heterocycles. The van der Waals surface area contributed by atoms with Crippen LogP contribution in [0.15, 0.2) is 76.1 Å². The van der Waals surface area contributed by atoms with Gasteiger partial charge in [-0.1, -0.05) is 69.5 Å². The van der Waals surface area contributed by atoms with Crippen LogP contribution in [0.1, 0.15) is 16.7 Å². The molecule has 1 aliphatic heterocycles. The van der Waals surface area contributed by atoms with E-state index >= 15 is 0 Å². The van der Waals surface area contributed by atoms with Crippen LogP contribution in [0.4, 0.5) is 4.79 Å². The van der Waals surface area contributed by atoms with Crippen molar-refractivity contribution < 1.29 is 14.3 Å². The molecule has 1 heterocycles. The molecule has 0 atom stereocenters. The van der Waals surface area contributed by atoms with Gasteiger partial charge in [0.1, 0.15) is 12.4 Å². The fourth-order valence-corrected chi connectivity index (χ4v) is 4.62. The third-order valence-corrected chi connectivity index (χ3v) is 6.72. The van der Waals surface area contributed by atoms with Crippen LogP contribution in [0.25, 0.3) is 6.08 Å². The Labute approximate surface area is 208 Å². The largest absolute Gasteiger partial charge is 0.489 e. The van der Waals surface area contributed by atoms with Crippen LogP contribution in [0.5, 0.6) is 5.75 Å². The van der Waals surface area contributed by atoms with Gasteiger partial charge in [-0.15, -0.1) is 0 Å². The molecule has 0 aromatic heterocycles. The monoisotopic (exact) mass is 547 g/mol. The van der Waals surface area contributed by atoms with E-state index in [1.165, 1.54) is 4.90 Å². The smallest absolute Gasteiger partial charge is 0.293 e. The summed E-state index contributed by atoms with van der Waals surface area (Å²) in [4.78, 5) is 26.8. The Morgan fingerprint density at radius 3 is 2.53 bits per heavy atom. The number of amides is 2. The highest BCUT2D eigenvalue weighted by atomic mass is 79.9. The first-order valence-corrected chi connectivity index (χ1v) is 11.9. The van der Waals surface area contributed by atoms with E-state index < -0.39 is 0 Å². The molecule has 0 N–H and O–H groups in total. The standard InChI is InChI=1S/C24H16BrCl2NO3S/c25-18-7-4-15(5-8-18)13-28-23(29)22(32-24(28)30)11-16-2-1-3-20(10-16)31-14-17-6-9-19(26)12-21(17)27/h1-12H,13-14H2/b22-11-. The highest BCUT2D eigenvalue weighted by Crippen LogP contribution is 2.34. The number of halogens is 3. The summed E-state index contributed by atoms with van der Waals surface area (Å²) in [7, 11) is 0. The van der Waals surface area contributed by atoms with Gasteiger partial charge in [0.05, 0.1) is 11.4 Å². The van der Waals surface area contributed by atoms with Crippen LogP contribution in [-0.2, 0) is 17.9 Å². The van der Waals surface area contributed by atoms with Crippen LogP contribution in [0.2, 0.25) is 10.0 Å². The minimum Gasteiger partial charge on any atom is -0.489 e. The van der Waals surface area contributed by atoms with Gasteiger partial charge in [-0.2, -0.15) is 0 Å². The third kappa shape index (κ3) is 5.56. The number of rotatable bonds is 6. The molecule has 3 aromatic rings. The Kier molecular flexibility index (Phi) is 7.26. The molecule has 0 bridgehead atoms. The summed E-state index contributed by atoms with van der Waals surface area (Å²) in [5.41, 5.74) is 2.46. The number of carbonyl (C=O) groups is 2. The van der Waals surface area contributed by atoms with Gasteiger partial charge in [0.2, 0.25) is 0 Å². The minimum absolute atomic E-state index is 0.236. The third-order valence-electron chi connectivity index (χ3n) is 4.69. The Bertz CT molecular complexity index is 1210. The lowest BCUT2D eigenvalue weighted by Crippen LogP contribution is -2.27. The predicted molar refractivity (Wildman–Crippen MR) is 133 cm³/mol. The number of ether oxygens (including phenoxy) is 1. The fraction of sp³-hybridized carbons (Fsp3) is 0.0833. The van der Waals surface area contributed by atoms with Gasteiger partial charge in [-0.25, -0.2) is 0 Å². The van der Waals surface area contributed by atoms with E-state index in [1.54, 1.807) is 18.2 Å². The van der Waals surface area contributed by atoms with Crippen LogP contribution in [-0.4, -0.2) is 16.0 Å². The zero-order valence-corrected chi connectivity index (χ0v) is 20.5. The molecule has 1 aliphatic rings. The second-order valence-electron chi connectivity index (χ2n) is 6.99. The van der Waals surface area contributed by atoms with E-state index in [0.717, 1.165) is 32.9 Å². The van der Waals surface area contributed by atoms with Crippen molar-refractivity contribution in [2.45, 2.75) is 13.2 Å². The molecule has 0 radical (unpaired) electrons. The molecular weight excluding hydrogens is 533 g/mol. The van der Waals surface area contributed by atoms with Crippen LogP contribution < -0.4 is 4.74 Å². The van der Waals surface area contributed by atoms with Crippen LogP contribution in [0, 0.1) is 0 Å². The Hall–Kier alpha value is -2.25. The predicted octanol–water partition coefficient (Wildman–Crippen LogP) is 7.57. The summed E-state index contributed by atoms with van der Waals surface area (Å²) >= 11 is 16.4. The first kappa shape index (κ1) is 22.9. The van der Waals surface area contributed by atoms with Gasteiger partial charge >= 0.3 is 0 Å². The van der Waals surface area contributed by atoms with Gasteiger partial charge < -0.3 is 4.74 Å². The van der Waals surface area contributed by atoms with Crippen molar-refractivity contribution >= 4 is 68.1 Å². The molecule has 0 saturated carbocycles. The van der Waals surface area contributed by atoms with Gasteiger partial charge in [0, 0.05) is 20.1 Å². The first-order chi connectivity index (χ1) is 15.4. The molecule has 32 heavy (non-hydrogen) atoms. The van der Waals surface area contributed by atoms with Crippen molar-refractivity contribution in [3.63, 3.8) is 0 Å². The zero-order valence-electron chi connectivity index (χ0n) is 16.6. The lowest BCUT2D eigenvalue weighted by Gasteiger charge is -2.12. The molecule has 2 amide bonds. The molecule has 0 aliphatic carbocycles. The normalized spacial score (nSPS) is 15.0. The molecule has 3 aromatic carbocycles. The maximum absolute atomic E-state index is 12.8. The number of hydrogen-bond donors (Lipinski definition) is 0. The van der Waals surface area contributed by atoms with Crippen molar-refractivity contribution in [1.29, 1.82) is 0 Å². The van der Waals surface area contributed by atoms with Gasteiger partial charge in [0.15, 0.2) is 0 Å². The number of hydrogen-bond acceptors (Lipinski definition) is 4. The van der Waals surface area contributed by atoms with E-state index in [1.807, 2.05) is 54.6 Å². The maximum atomic E-state index is 12.8. The zero-order chi connectivity index (χ0) is 22.7. The van der Waals surface area contributed by atoms with Crippen molar-refractivity contribution in [1.82, 2.24) is 4.90 Å². The summed E-state index contributed by atoms with van der Waals surface area (Å²) in [6.45, 7) is 0.517. The van der Waals surface area contributed by atoms with Gasteiger partial charge in [0.25, 0.3) is 11.1 Å². The number of carbonyl (C=O) groups excluding carboxylic acids is 2. The van der Waals surface area contributed by atoms with E-state index in [0.29, 0.717) is 20.7 Å². The lowest BCUT2D eigenvalue weighted by molar-refractivity contribution is -0.123. The SMILES string of the molecule is O=C1S/C(=C\c2cccc(OCc3ccc(Cl)cc3Cl)c2)C(=O)N1Cc1ccc(Br)cc1. The number of imide groups is 1. The summed E-state index contributed by atoms with van der Waals surface area (Å²) in [6, 6.07) is 20.1. The summed E-state index contributed by atoms with van der Waals surface area (Å²) in [6.07, 6.45) is 1.70. The van der Waals surface area contributed by atoms with Crippen molar-refractivity contribution in [2.75, 3.05) is 0 Å². The van der Waals surface area contributed by atoms with Crippen LogP contribution >= 0.6 is 50.9 Å². The van der Waals surface area contributed by atoms with Crippen molar-refractivity contribution in [3.8, 4) is 5.75 Å². The van der Waals surface area contributed by atoms with E-state index in [9.17, 15) is 9.59 Å². The molecular formula is C24H16BrCl2NO3S. The second-order valence-corrected chi connectivity index (χ2v) is 9.74. The molecule has 8 heteroatoms. The highest BCUT2D eigenvalue weighted by Gasteiger charge is 2.34. The Morgan fingerprint density at radius 2 is 1.78 bits per heavy atom. The second kappa shape index (κ2) is 10.1. The fourth-order valence-electron chi connectivity index (χ4n) is 3.05. The van der Waals surface area contributed by atoms with E-state index in [4.69, 9.17) is 27.9 Å². The molecule has 0 unspecified atom stereocenters. The van der Waals surface area contributed by atoms with Crippen molar-refractivity contribution in [3.05, 3.63) is 103 Å². The first-order valence-electron chi connectivity index (χ1n) is 9.55. The quantitative estimate of drug-likeness (QED) is 0.298. The summed E-state index contributed by atoms with van der Waals surface area (Å²) < 4.78 is 6.79. The van der Waals surface area contributed by atoms with Crippen molar-refractivity contribution in [2.24, 2.45) is 0 Å². The molecule has 0 spiro atoms. The molecule has 1 fully saturated rings. The topological polar surface area (TPSA) is 46.6 Å². The molecule has 162 valence electrons. The number of nitrogens with zero attached hydrogens (tertiary/aromatic N) is 1. The average molecular weight is 549 g/mol. The summed E-state index contributed by atoms with van der Waals surface area (Å²) in [5, 5.41) is 0.817. The molecule has 4 rings (SSSR count). The summed E-state index contributed by atoms with van der Waals surface area (Å²) in [5.74, 6) is 0.320. The van der Waals surface area contributed by atoms with E-state index in [-0.39, 0.29) is 24.3 Å². The van der Waals surface area contributed by atoms with Crippen LogP contribution in [0.3, 0.4) is 0 Å². The highest BCUT2D eigenvalue weighted by molar-refractivity contribution is 9.10. The number of benzene rings is 3. The van der Waals surface area contributed by atoms with E-state index in [2.05, 4.69) is 15.9 Å². The van der Waals surface area contributed by atoms with Gasteiger partial charge in [-0.05, 0) is 65.4 Å².